The average molecular weight is 469 g/mol. The molecule has 4 rings (SSSR count). The predicted octanol–water partition coefficient (Wildman–Crippen LogP) is 1.44. The van der Waals surface area contributed by atoms with Gasteiger partial charge in [0.25, 0.3) is 11.8 Å². The van der Waals surface area contributed by atoms with Crippen LogP contribution in [0.2, 0.25) is 0 Å². The summed E-state index contributed by atoms with van der Waals surface area (Å²) in [6, 6.07) is 13.7. The fraction of sp³-hybridized carbons (Fsp3) is 0.318. The molecule has 0 N–H and O–H groups in total. The number of hydrogen-bond acceptors (Lipinski definition) is 7. The van der Waals surface area contributed by atoms with Gasteiger partial charge < -0.3 is 9.80 Å². The topological polar surface area (TPSA) is 118 Å². The summed E-state index contributed by atoms with van der Waals surface area (Å²) in [4.78, 5) is 37.6. The molecule has 1 aromatic carbocycles. The first-order valence-corrected chi connectivity index (χ1v) is 12.2. The highest BCUT2D eigenvalue weighted by molar-refractivity contribution is 7.90. The zero-order valence-corrected chi connectivity index (χ0v) is 19.4. The number of para-hydroxylation sites is 1. The van der Waals surface area contributed by atoms with Crippen LogP contribution in [-0.4, -0.2) is 81.2 Å². The number of carbonyl (C=O) groups is 2. The molecule has 0 saturated carbocycles. The van der Waals surface area contributed by atoms with Crippen molar-refractivity contribution in [3.8, 4) is 5.69 Å². The number of hydrogen-bond donors (Lipinski definition) is 0. The number of rotatable bonds is 4. The summed E-state index contributed by atoms with van der Waals surface area (Å²) in [6.45, 7) is 4.53. The Morgan fingerprint density at radius 3 is 2.36 bits per heavy atom. The van der Waals surface area contributed by atoms with Crippen LogP contribution in [0.1, 0.15) is 35.0 Å². The van der Waals surface area contributed by atoms with Gasteiger partial charge in [-0.1, -0.05) is 24.3 Å². The van der Waals surface area contributed by atoms with E-state index in [4.69, 9.17) is 0 Å². The number of benzene rings is 1. The van der Waals surface area contributed by atoms with Gasteiger partial charge in [-0.25, -0.2) is 23.1 Å². The summed E-state index contributed by atoms with van der Waals surface area (Å²) >= 11 is 0. The second-order valence-corrected chi connectivity index (χ2v) is 10.4. The van der Waals surface area contributed by atoms with Gasteiger partial charge in [0, 0.05) is 25.9 Å². The standard InChI is InChI=1S/C22H24N6O4S/c1-22(2)14-26(20(29)17-10-7-11-18(24-17)33(3,31)32)12-13-27(22)21(30)19-23-15-28(25-19)16-8-5-4-6-9-16/h4-11,15H,12-14H2,1-3H3. The van der Waals surface area contributed by atoms with E-state index in [1.165, 1.54) is 24.5 Å². The molecule has 1 aliphatic rings. The SMILES string of the molecule is CC1(C)CN(C(=O)c2cccc(S(C)(=O)=O)n2)CCN1C(=O)c1ncn(-c2ccccc2)n1. The van der Waals surface area contributed by atoms with Gasteiger partial charge >= 0.3 is 0 Å². The number of pyridine rings is 1. The molecule has 11 heteroatoms. The summed E-state index contributed by atoms with van der Waals surface area (Å²) in [6.07, 6.45) is 2.54. The van der Waals surface area contributed by atoms with Crippen molar-refractivity contribution in [2.45, 2.75) is 24.4 Å². The molecular weight excluding hydrogens is 444 g/mol. The predicted molar refractivity (Wildman–Crippen MR) is 120 cm³/mol. The first-order valence-electron chi connectivity index (χ1n) is 10.3. The Labute approximate surface area is 191 Å². The second kappa shape index (κ2) is 8.39. The summed E-state index contributed by atoms with van der Waals surface area (Å²) in [7, 11) is -3.53. The zero-order chi connectivity index (χ0) is 23.8. The van der Waals surface area contributed by atoms with Crippen LogP contribution in [0.25, 0.3) is 5.69 Å². The Bertz CT molecular complexity index is 1300. The molecule has 1 fully saturated rings. The van der Waals surface area contributed by atoms with Crippen LogP contribution in [0, 0.1) is 0 Å². The molecule has 0 unspecified atom stereocenters. The maximum atomic E-state index is 13.2. The average Bonchev–Trinajstić information content (AvgIpc) is 3.28. The van der Waals surface area contributed by atoms with Crippen LogP contribution < -0.4 is 0 Å². The van der Waals surface area contributed by atoms with E-state index in [0.717, 1.165) is 11.9 Å². The van der Waals surface area contributed by atoms with Gasteiger partial charge in [0.05, 0.1) is 11.2 Å². The van der Waals surface area contributed by atoms with Crippen LogP contribution in [0.15, 0.2) is 59.9 Å². The van der Waals surface area contributed by atoms with E-state index in [2.05, 4.69) is 15.1 Å². The third-order valence-electron chi connectivity index (χ3n) is 5.46. The molecule has 0 bridgehead atoms. The Morgan fingerprint density at radius 2 is 1.70 bits per heavy atom. The highest BCUT2D eigenvalue weighted by Gasteiger charge is 2.40. The minimum Gasteiger partial charge on any atom is -0.333 e. The van der Waals surface area contributed by atoms with Crippen molar-refractivity contribution in [3.63, 3.8) is 0 Å². The lowest BCUT2D eigenvalue weighted by molar-refractivity contribution is 0.0158. The normalized spacial score (nSPS) is 16.0. The molecule has 0 atom stereocenters. The first kappa shape index (κ1) is 22.6. The highest BCUT2D eigenvalue weighted by Crippen LogP contribution is 2.24. The van der Waals surface area contributed by atoms with E-state index in [0.29, 0.717) is 0 Å². The van der Waals surface area contributed by atoms with Gasteiger partial charge in [0.2, 0.25) is 5.82 Å². The van der Waals surface area contributed by atoms with E-state index < -0.39 is 15.4 Å². The monoisotopic (exact) mass is 468 g/mol. The molecular formula is C22H24N6O4S. The van der Waals surface area contributed by atoms with Crippen molar-refractivity contribution in [1.82, 2.24) is 29.5 Å². The van der Waals surface area contributed by atoms with Crippen LogP contribution >= 0.6 is 0 Å². The minimum absolute atomic E-state index is 0.0526. The molecule has 3 aromatic rings. The van der Waals surface area contributed by atoms with E-state index in [1.54, 1.807) is 14.5 Å². The van der Waals surface area contributed by atoms with Crippen molar-refractivity contribution < 1.29 is 18.0 Å². The molecule has 2 amide bonds. The molecule has 172 valence electrons. The highest BCUT2D eigenvalue weighted by atomic mass is 32.2. The quantitative estimate of drug-likeness (QED) is 0.568. The largest absolute Gasteiger partial charge is 0.333 e. The van der Waals surface area contributed by atoms with Gasteiger partial charge in [0.15, 0.2) is 14.9 Å². The van der Waals surface area contributed by atoms with Crippen molar-refractivity contribution in [1.29, 1.82) is 0 Å². The third kappa shape index (κ3) is 4.63. The summed E-state index contributed by atoms with van der Waals surface area (Å²) in [5, 5.41) is 4.17. The Kier molecular flexibility index (Phi) is 5.75. The summed E-state index contributed by atoms with van der Waals surface area (Å²) in [5.41, 5.74) is 0.150. The van der Waals surface area contributed by atoms with E-state index in [1.807, 2.05) is 44.2 Å². The van der Waals surface area contributed by atoms with Crippen LogP contribution in [0.5, 0.6) is 0 Å². The van der Waals surface area contributed by atoms with E-state index in [-0.39, 0.29) is 48.0 Å². The van der Waals surface area contributed by atoms with Crippen LogP contribution in [0.3, 0.4) is 0 Å². The maximum Gasteiger partial charge on any atom is 0.294 e. The third-order valence-corrected chi connectivity index (χ3v) is 6.45. The second-order valence-electron chi connectivity index (χ2n) is 8.48. The molecule has 33 heavy (non-hydrogen) atoms. The Morgan fingerprint density at radius 1 is 0.970 bits per heavy atom. The lowest BCUT2D eigenvalue weighted by atomic mass is 9.98. The zero-order valence-electron chi connectivity index (χ0n) is 18.5. The van der Waals surface area contributed by atoms with Gasteiger partial charge in [-0.3, -0.25) is 9.59 Å². The number of piperazine rings is 1. The summed E-state index contributed by atoms with van der Waals surface area (Å²) < 4.78 is 25.1. The fourth-order valence-corrected chi connectivity index (χ4v) is 4.38. The number of nitrogens with zero attached hydrogens (tertiary/aromatic N) is 6. The molecule has 1 aliphatic heterocycles. The smallest absolute Gasteiger partial charge is 0.294 e. The first-order chi connectivity index (χ1) is 15.6. The van der Waals surface area contributed by atoms with Crippen molar-refractivity contribution in [2.24, 2.45) is 0 Å². The van der Waals surface area contributed by atoms with E-state index >= 15 is 0 Å². The molecule has 2 aromatic heterocycles. The fourth-order valence-electron chi connectivity index (χ4n) is 3.79. The lowest BCUT2D eigenvalue weighted by Gasteiger charge is -2.46. The number of aromatic nitrogens is 4. The number of amides is 2. The van der Waals surface area contributed by atoms with E-state index in [9.17, 15) is 18.0 Å². The van der Waals surface area contributed by atoms with Crippen LogP contribution in [-0.2, 0) is 9.84 Å². The lowest BCUT2D eigenvalue weighted by Crippen LogP contribution is -2.62. The van der Waals surface area contributed by atoms with Crippen molar-refractivity contribution >= 4 is 21.7 Å². The van der Waals surface area contributed by atoms with Gasteiger partial charge in [-0.15, -0.1) is 5.10 Å². The van der Waals surface area contributed by atoms with Crippen molar-refractivity contribution in [2.75, 3.05) is 25.9 Å². The van der Waals surface area contributed by atoms with Gasteiger partial charge in [-0.2, -0.15) is 0 Å². The number of carbonyl (C=O) groups excluding carboxylic acids is 2. The van der Waals surface area contributed by atoms with Crippen molar-refractivity contribution in [3.05, 3.63) is 66.4 Å². The Balaban J connectivity index is 1.50. The maximum absolute atomic E-state index is 13.2. The van der Waals surface area contributed by atoms with Gasteiger partial charge in [-0.05, 0) is 38.1 Å². The Hall–Kier alpha value is -3.60. The van der Waals surface area contributed by atoms with Gasteiger partial charge in [0.1, 0.15) is 12.0 Å². The molecule has 0 aliphatic carbocycles. The summed E-state index contributed by atoms with van der Waals surface area (Å²) in [5.74, 6) is -0.625. The molecule has 3 heterocycles. The molecule has 0 spiro atoms. The molecule has 10 nitrogen and oxygen atoms in total. The molecule has 0 radical (unpaired) electrons. The number of sulfone groups is 1. The van der Waals surface area contributed by atoms with Crippen LogP contribution in [0.4, 0.5) is 0 Å². The molecule has 1 saturated heterocycles. The minimum atomic E-state index is -3.53.